The molecular weight excluding hydrogens is 250 g/mol. The molecule has 2 unspecified atom stereocenters. The molecule has 2 heterocycles. The topological polar surface area (TPSA) is 64.4 Å². The highest BCUT2D eigenvalue weighted by molar-refractivity contribution is 7.86. The molecular formula is C12H21N3O2S. The van der Waals surface area contributed by atoms with Gasteiger partial charge in [0.1, 0.15) is 0 Å². The molecule has 0 saturated carbocycles. The van der Waals surface area contributed by atoms with E-state index in [4.69, 9.17) is 5.26 Å². The van der Waals surface area contributed by atoms with Crippen LogP contribution in [0.1, 0.15) is 32.6 Å². The van der Waals surface area contributed by atoms with Gasteiger partial charge in [0.25, 0.3) is 10.2 Å². The summed E-state index contributed by atoms with van der Waals surface area (Å²) in [4.78, 5) is 0. The molecule has 0 aromatic heterocycles. The molecule has 0 radical (unpaired) electrons. The van der Waals surface area contributed by atoms with Crippen molar-refractivity contribution in [2.75, 3.05) is 26.2 Å². The molecule has 0 aliphatic carbocycles. The summed E-state index contributed by atoms with van der Waals surface area (Å²) in [6.45, 7) is 4.27. The monoisotopic (exact) mass is 271 g/mol. The lowest BCUT2D eigenvalue weighted by Crippen LogP contribution is -2.50. The zero-order valence-electron chi connectivity index (χ0n) is 10.9. The summed E-state index contributed by atoms with van der Waals surface area (Å²) in [5.74, 6) is 0.292. The average molecular weight is 271 g/mol. The minimum atomic E-state index is -3.35. The molecule has 2 atom stereocenters. The maximum Gasteiger partial charge on any atom is 0.282 e. The zero-order valence-corrected chi connectivity index (χ0v) is 11.7. The van der Waals surface area contributed by atoms with Crippen LogP contribution < -0.4 is 0 Å². The molecule has 18 heavy (non-hydrogen) atoms. The summed E-state index contributed by atoms with van der Waals surface area (Å²) in [6.07, 6.45) is 3.66. The Labute approximate surface area is 110 Å². The van der Waals surface area contributed by atoms with E-state index < -0.39 is 10.2 Å². The molecule has 0 bridgehead atoms. The van der Waals surface area contributed by atoms with E-state index in [1.807, 2.05) is 0 Å². The summed E-state index contributed by atoms with van der Waals surface area (Å²) in [6, 6.07) is 2.19. The van der Waals surface area contributed by atoms with Crippen LogP contribution in [0.15, 0.2) is 0 Å². The van der Waals surface area contributed by atoms with Crippen molar-refractivity contribution in [1.82, 2.24) is 8.61 Å². The number of nitrogens with zero attached hydrogens (tertiary/aromatic N) is 3. The summed E-state index contributed by atoms with van der Waals surface area (Å²) >= 11 is 0. The van der Waals surface area contributed by atoms with Gasteiger partial charge < -0.3 is 0 Å². The Balaban J connectivity index is 2.08. The third-order valence-corrected chi connectivity index (χ3v) is 5.81. The van der Waals surface area contributed by atoms with Gasteiger partial charge in [0.15, 0.2) is 0 Å². The molecule has 0 amide bonds. The van der Waals surface area contributed by atoms with Crippen LogP contribution in [0, 0.1) is 23.2 Å². The van der Waals surface area contributed by atoms with Gasteiger partial charge in [0, 0.05) is 26.2 Å². The highest BCUT2D eigenvalue weighted by Gasteiger charge is 2.35. The Bertz CT molecular complexity index is 429. The molecule has 2 rings (SSSR count). The second-order valence-electron chi connectivity index (χ2n) is 5.44. The fraction of sp³-hybridized carbons (Fsp3) is 0.917. The highest BCUT2D eigenvalue weighted by Crippen LogP contribution is 2.24. The van der Waals surface area contributed by atoms with Gasteiger partial charge in [-0.15, -0.1) is 0 Å². The minimum Gasteiger partial charge on any atom is -0.198 e. The zero-order chi connectivity index (χ0) is 13.2. The highest BCUT2D eigenvalue weighted by atomic mass is 32.2. The SMILES string of the molecule is CC1CCCN(S(=O)(=O)N2CCCC(C#N)C2)C1. The van der Waals surface area contributed by atoms with Crippen molar-refractivity contribution in [3.05, 3.63) is 0 Å². The smallest absolute Gasteiger partial charge is 0.198 e. The van der Waals surface area contributed by atoms with Crippen LogP contribution in [0.3, 0.4) is 0 Å². The molecule has 2 saturated heterocycles. The quantitative estimate of drug-likeness (QED) is 0.758. The molecule has 2 aliphatic heterocycles. The maximum absolute atomic E-state index is 12.5. The molecule has 5 nitrogen and oxygen atoms in total. The Morgan fingerprint density at radius 1 is 1.11 bits per heavy atom. The van der Waals surface area contributed by atoms with Crippen LogP contribution in [0.25, 0.3) is 0 Å². The minimum absolute atomic E-state index is 0.143. The first-order chi connectivity index (χ1) is 8.54. The van der Waals surface area contributed by atoms with Crippen LogP contribution >= 0.6 is 0 Å². The van der Waals surface area contributed by atoms with Crippen molar-refractivity contribution < 1.29 is 8.42 Å². The van der Waals surface area contributed by atoms with Gasteiger partial charge >= 0.3 is 0 Å². The Morgan fingerprint density at radius 2 is 1.72 bits per heavy atom. The second kappa shape index (κ2) is 5.55. The van der Waals surface area contributed by atoms with Crippen molar-refractivity contribution in [1.29, 1.82) is 5.26 Å². The Kier molecular flexibility index (Phi) is 4.25. The largest absolute Gasteiger partial charge is 0.282 e. The van der Waals surface area contributed by atoms with Gasteiger partial charge in [-0.05, 0) is 31.6 Å². The third kappa shape index (κ3) is 2.85. The van der Waals surface area contributed by atoms with Gasteiger partial charge in [0.05, 0.1) is 12.0 Å². The van der Waals surface area contributed by atoms with Crippen LogP contribution in [0.2, 0.25) is 0 Å². The predicted molar refractivity (Wildman–Crippen MR) is 68.8 cm³/mol. The van der Waals surface area contributed by atoms with E-state index >= 15 is 0 Å². The average Bonchev–Trinajstić information content (AvgIpc) is 2.39. The number of hydrogen-bond acceptors (Lipinski definition) is 3. The lowest BCUT2D eigenvalue weighted by Gasteiger charge is -2.36. The Hall–Kier alpha value is -0.640. The fourth-order valence-electron chi connectivity index (χ4n) is 2.78. The van der Waals surface area contributed by atoms with Gasteiger partial charge in [0.2, 0.25) is 0 Å². The Morgan fingerprint density at radius 3 is 2.33 bits per heavy atom. The van der Waals surface area contributed by atoms with Gasteiger partial charge in [-0.2, -0.15) is 22.3 Å². The van der Waals surface area contributed by atoms with Crippen LogP contribution in [-0.4, -0.2) is 43.2 Å². The number of rotatable bonds is 2. The van der Waals surface area contributed by atoms with E-state index in [0.29, 0.717) is 32.1 Å². The van der Waals surface area contributed by atoms with Crippen molar-refractivity contribution in [3.8, 4) is 6.07 Å². The van der Waals surface area contributed by atoms with E-state index in [9.17, 15) is 8.42 Å². The van der Waals surface area contributed by atoms with Gasteiger partial charge in [-0.3, -0.25) is 0 Å². The standard InChI is InChI=1S/C12H21N3O2S/c1-11-4-2-6-14(9-11)18(16,17)15-7-3-5-12(8-13)10-15/h11-12H,2-7,9-10H2,1H3. The molecule has 6 heteroatoms. The van der Waals surface area contributed by atoms with Crippen molar-refractivity contribution in [3.63, 3.8) is 0 Å². The first kappa shape index (κ1) is 13.8. The third-order valence-electron chi connectivity index (χ3n) is 3.84. The molecule has 0 aromatic carbocycles. The summed E-state index contributed by atoms with van der Waals surface area (Å²) in [5.41, 5.74) is 0. The number of piperidine rings is 2. The van der Waals surface area contributed by atoms with E-state index in [0.717, 1.165) is 25.7 Å². The summed E-state index contributed by atoms with van der Waals surface area (Å²) < 4.78 is 28.1. The number of hydrogen-bond donors (Lipinski definition) is 0. The van der Waals surface area contributed by atoms with E-state index in [1.165, 1.54) is 4.31 Å². The van der Waals surface area contributed by atoms with Gasteiger partial charge in [-0.1, -0.05) is 6.92 Å². The van der Waals surface area contributed by atoms with Crippen molar-refractivity contribution in [2.24, 2.45) is 11.8 Å². The lowest BCUT2D eigenvalue weighted by molar-refractivity contribution is 0.237. The summed E-state index contributed by atoms with van der Waals surface area (Å²) in [7, 11) is -3.35. The lowest BCUT2D eigenvalue weighted by atomic mass is 10.0. The molecule has 0 spiro atoms. The molecule has 2 fully saturated rings. The first-order valence-corrected chi connectivity index (χ1v) is 8.08. The van der Waals surface area contributed by atoms with E-state index in [2.05, 4.69) is 13.0 Å². The fourth-order valence-corrected chi connectivity index (χ4v) is 4.63. The second-order valence-corrected chi connectivity index (χ2v) is 7.37. The van der Waals surface area contributed by atoms with Crippen LogP contribution in [0.4, 0.5) is 0 Å². The first-order valence-electron chi connectivity index (χ1n) is 6.69. The van der Waals surface area contributed by atoms with E-state index in [-0.39, 0.29) is 5.92 Å². The predicted octanol–water partition coefficient (Wildman–Crippen LogP) is 1.20. The molecule has 0 N–H and O–H groups in total. The molecule has 102 valence electrons. The van der Waals surface area contributed by atoms with Crippen molar-refractivity contribution >= 4 is 10.2 Å². The molecule has 0 aromatic rings. The number of nitriles is 1. The summed E-state index contributed by atoms with van der Waals surface area (Å²) in [5, 5.41) is 8.94. The van der Waals surface area contributed by atoms with Crippen LogP contribution in [0.5, 0.6) is 0 Å². The normalized spacial score (nSPS) is 32.0. The van der Waals surface area contributed by atoms with Gasteiger partial charge in [-0.25, -0.2) is 0 Å². The van der Waals surface area contributed by atoms with Crippen molar-refractivity contribution in [2.45, 2.75) is 32.6 Å². The molecule has 2 aliphatic rings. The maximum atomic E-state index is 12.5. The van der Waals surface area contributed by atoms with Crippen LogP contribution in [-0.2, 0) is 10.2 Å². The van der Waals surface area contributed by atoms with E-state index in [1.54, 1.807) is 4.31 Å².